The fourth-order valence-corrected chi connectivity index (χ4v) is 1.02. The molecular weight excluding hydrogens is 146 g/mol. The molecule has 0 heterocycles. The van der Waals surface area contributed by atoms with Crippen LogP contribution in [0.5, 0.6) is 0 Å². The minimum Gasteiger partial charge on any atom is -0.299 e. The standard InChI is InChI=1S/C11H19N/c1-4-7-10-12(9-6-3)11-8-5-2/h4-6H,1-3,7-11H2. The van der Waals surface area contributed by atoms with E-state index in [0.717, 1.165) is 32.5 Å². The van der Waals surface area contributed by atoms with Crippen LogP contribution in [0.2, 0.25) is 0 Å². The molecule has 0 saturated heterocycles. The van der Waals surface area contributed by atoms with Gasteiger partial charge in [0, 0.05) is 19.6 Å². The van der Waals surface area contributed by atoms with Gasteiger partial charge in [0.05, 0.1) is 0 Å². The van der Waals surface area contributed by atoms with Crippen LogP contribution in [0.3, 0.4) is 0 Å². The fraction of sp³-hybridized carbons (Fsp3) is 0.455. The van der Waals surface area contributed by atoms with E-state index in [1.165, 1.54) is 0 Å². The maximum atomic E-state index is 3.72. The topological polar surface area (TPSA) is 3.24 Å². The predicted octanol–water partition coefficient (Wildman–Crippen LogP) is 2.63. The summed E-state index contributed by atoms with van der Waals surface area (Å²) in [6.45, 7) is 14.2. The van der Waals surface area contributed by atoms with Gasteiger partial charge in [0.1, 0.15) is 0 Å². The SMILES string of the molecule is C=CCCN(CC=C)CCC=C. The highest BCUT2D eigenvalue weighted by Crippen LogP contribution is 1.95. The lowest BCUT2D eigenvalue weighted by atomic mass is 10.3. The van der Waals surface area contributed by atoms with Crippen molar-refractivity contribution >= 4 is 0 Å². The van der Waals surface area contributed by atoms with E-state index in [1.54, 1.807) is 0 Å². The Morgan fingerprint density at radius 3 is 1.67 bits per heavy atom. The highest BCUT2D eigenvalue weighted by Gasteiger charge is 1.98. The molecule has 0 rings (SSSR count). The second kappa shape index (κ2) is 8.28. The van der Waals surface area contributed by atoms with Crippen molar-refractivity contribution in [2.24, 2.45) is 0 Å². The van der Waals surface area contributed by atoms with Gasteiger partial charge in [0.15, 0.2) is 0 Å². The van der Waals surface area contributed by atoms with Crippen molar-refractivity contribution in [2.75, 3.05) is 19.6 Å². The molecule has 0 atom stereocenters. The average molecular weight is 165 g/mol. The van der Waals surface area contributed by atoms with Gasteiger partial charge in [-0.25, -0.2) is 0 Å². The van der Waals surface area contributed by atoms with Crippen LogP contribution in [-0.2, 0) is 0 Å². The summed E-state index contributed by atoms with van der Waals surface area (Å²) >= 11 is 0. The van der Waals surface area contributed by atoms with E-state index in [0.29, 0.717) is 0 Å². The van der Waals surface area contributed by atoms with Crippen molar-refractivity contribution in [3.63, 3.8) is 0 Å². The molecule has 0 spiro atoms. The van der Waals surface area contributed by atoms with E-state index in [9.17, 15) is 0 Å². The molecule has 0 aliphatic heterocycles. The molecule has 0 aliphatic carbocycles. The lowest BCUT2D eigenvalue weighted by Gasteiger charge is -2.18. The molecule has 0 amide bonds. The van der Waals surface area contributed by atoms with Gasteiger partial charge in [-0.05, 0) is 12.8 Å². The third kappa shape index (κ3) is 5.93. The number of rotatable bonds is 8. The molecule has 0 saturated carbocycles. The maximum absolute atomic E-state index is 3.72. The first-order chi connectivity index (χ1) is 5.85. The highest BCUT2D eigenvalue weighted by molar-refractivity contribution is 4.78. The van der Waals surface area contributed by atoms with Crippen molar-refractivity contribution in [3.05, 3.63) is 38.0 Å². The first kappa shape index (κ1) is 11.2. The zero-order chi connectivity index (χ0) is 9.23. The Balaban J connectivity index is 3.59. The Kier molecular flexibility index (Phi) is 7.71. The van der Waals surface area contributed by atoms with Crippen LogP contribution in [0.25, 0.3) is 0 Å². The first-order valence-electron chi connectivity index (χ1n) is 4.40. The Morgan fingerprint density at radius 2 is 1.33 bits per heavy atom. The lowest BCUT2D eigenvalue weighted by molar-refractivity contribution is 0.315. The van der Waals surface area contributed by atoms with E-state index in [2.05, 4.69) is 24.6 Å². The molecule has 1 heteroatoms. The summed E-state index contributed by atoms with van der Waals surface area (Å²) in [5.41, 5.74) is 0. The summed E-state index contributed by atoms with van der Waals surface area (Å²) < 4.78 is 0. The zero-order valence-corrected chi connectivity index (χ0v) is 7.84. The van der Waals surface area contributed by atoms with E-state index in [4.69, 9.17) is 0 Å². The van der Waals surface area contributed by atoms with Gasteiger partial charge in [-0.2, -0.15) is 0 Å². The van der Waals surface area contributed by atoms with Crippen molar-refractivity contribution < 1.29 is 0 Å². The molecule has 0 aliphatic rings. The van der Waals surface area contributed by atoms with Crippen LogP contribution in [0, 0.1) is 0 Å². The third-order valence-electron chi connectivity index (χ3n) is 1.69. The second-order valence-corrected chi connectivity index (χ2v) is 2.74. The summed E-state index contributed by atoms with van der Waals surface area (Å²) in [6, 6.07) is 0. The van der Waals surface area contributed by atoms with E-state index >= 15 is 0 Å². The molecular formula is C11H19N. The van der Waals surface area contributed by atoms with E-state index in [1.807, 2.05) is 18.2 Å². The molecule has 0 aromatic rings. The third-order valence-corrected chi connectivity index (χ3v) is 1.69. The Bertz CT molecular complexity index is 126. The molecule has 0 fully saturated rings. The molecule has 68 valence electrons. The minimum atomic E-state index is 0.960. The van der Waals surface area contributed by atoms with Gasteiger partial charge in [-0.1, -0.05) is 18.2 Å². The van der Waals surface area contributed by atoms with Gasteiger partial charge < -0.3 is 0 Å². The Labute approximate surface area is 76.1 Å². The monoisotopic (exact) mass is 165 g/mol. The van der Waals surface area contributed by atoms with Crippen LogP contribution >= 0.6 is 0 Å². The van der Waals surface area contributed by atoms with Crippen LogP contribution in [0.1, 0.15) is 12.8 Å². The highest BCUT2D eigenvalue weighted by atomic mass is 15.1. The summed E-state index contributed by atoms with van der Waals surface area (Å²) in [4.78, 5) is 2.34. The molecule has 1 nitrogen and oxygen atoms in total. The maximum Gasteiger partial charge on any atom is 0.0160 e. The lowest BCUT2D eigenvalue weighted by Crippen LogP contribution is -2.25. The minimum absolute atomic E-state index is 0.960. The average Bonchev–Trinajstić information content (AvgIpc) is 2.10. The first-order valence-corrected chi connectivity index (χ1v) is 4.40. The largest absolute Gasteiger partial charge is 0.299 e. The van der Waals surface area contributed by atoms with E-state index < -0.39 is 0 Å². The molecule has 0 radical (unpaired) electrons. The van der Waals surface area contributed by atoms with Crippen LogP contribution in [-0.4, -0.2) is 24.5 Å². The summed E-state index contributed by atoms with van der Waals surface area (Å²) in [6.07, 6.45) is 7.93. The Hall–Kier alpha value is -0.820. The van der Waals surface area contributed by atoms with Gasteiger partial charge in [-0.3, -0.25) is 4.90 Å². The Morgan fingerprint density at radius 1 is 0.833 bits per heavy atom. The van der Waals surface area contributed by atoms with Crippen molar-refractivity contribution in [1.29, 1.82) is 0 Å². The summed E-state index contributed by atoms with van der Waals surface area (Å²) in [7, 11) is 0. The molecule has 0 aromatic heterocycles. The van der Waals surface area contributed by atoms with Gasteiger partial charge in [-0.15, -0.1) is 19.7 Å². The van der Waals surface area contributed by atoms with Crippen molar-refractivity contribution in [1.82, 2.24) is 4.90 Å². The molecule has 12 heavy (non-hydrogen) atoms. The molecule has 0 bridgehead atoms. The summed E-state index contributed by atoms with van der Waals surface area (Å²) in [5.74, 6) is 0. The van der Waals surface area contributed by atoms with Gasteiger partial charge in [0.2, 0.25) is 0 Å². The fourth-order valence-electron chi connectivity index (χ4n) is 1.02. The molecule has 0 N–H and O–H groups in total. The van der Waals surface area contributed by atoms with Crippen molar-refractivity contribution in [2.45, 2.75) is 12.8 Å². The van der Waals surface area contributed by atoms with Gasteiger partial charge >= 0.3 is 0 Å². The molecule has 0 unspecified atom stereocenters. The smallest absolute Gasteiger partial charge is 0.0160 e. The van der Waals surface area contributed by atoms with Crippen LogP contribution < -0.4 is 0 Å². The summed E-state index contributed by atoms with van der Waals surface area (Å²) in [5, 5.41) is 0. The van der Waals surface area contributed by atoms with Crippen molar-refractivity contribution in [3.8, 4) is 0 Å². The number of hydrogen-bond acceptors (Lipinski definition) is 1. The normalized spacial score (nSPS) is 9.75. The zero-order valence-electron chi connectivity index (χ0n) is 7.84. The van der Waals surface area contributed by atoms with E-state index in [-0.39, 0.29) is 0 Å². The number of hydrogen-bond donors (Lipinski definition) is 0. The van der Waals surface area contributed by atoms with Crippen LogP contribution in [0.15, 0.2) is 38.0 Å². The predicted molar refractivity (Wildman–Crippen MR) is 56.3 cm³/mol. The van der Waals surface area contributed by atoms with Gasteiger partial charge in [0.25, 0.3) is 0 Å². The quantitative estimate of drug-likeness (QED) is 0.500. The second-order valence-electron chi connectivity index (χ2n) is 2.74. The number of nitrogens with zero attached hydrogens (tertiary/aromatic N) is 1. The molecule has 0 aromatic carbocycles. The van der Waals surface area contributed by atoms with Crippen LogP contribution in [0.4, 0.5) is 0 Å².